The number of benzene rings is 3. The molecule has 3 aromatic carbocycles. The fourth-order valence-electron chi connectivity index (χ4n) is 4.72. The average Bonchev–Trinajstić information content (AvgIpc) is 3.13. The van der Waals surface area contributed by atoms with Crippen molar-refractivity contribution < 1.29 is 27.6 Å². The van der Waals surface area contributed by atoms with Crippen LogP contribution in [0.15, 0.2) is 102 Å². The van der Waals surface area contributed by atoms with Gasteiger partial charge in [0.05, 0.1) is 5.57 Å². The van der Waals surface area contributed by atoms with Gasteiger partial charge in [-0.3, -0.25) is 14.4 Å². The maximum atomic E-state index is 15.0. The zero-order chi connectivity index (χ0) is 27.3. The minimum atomic E-state index is -5.27. The number of carbonyl (C=O) groups excluding carboxylic acids is 3. The molecule has 0 bridgehead atoms. The van der Waals surface area contributed by atoms with E-state index in [4.69, 9.17) is 0 Å². The molecule has 1 aliphatic heterocycles. The Morgan fingerprint density at radius 2 is 1.32 bits per heavy atom. The number of rotatable bonds is 9. The molecule has 1 unspecified atom stereocenters. The van der Waals surface area contributed by atoms with Gasteiger partial charge in [-0.25, -0.2) is 0 Å². The topological polar surface area (TPSA) is 66.5 Å². The minimum absolute atomic E-state index is 0.00767. The van der Waals surface area contributed by atoms with Gasteiger partial charge in [-0.1, -0.05) is 91.0 Å². The van der Waals surface area contributed by atoms with Crippen molar-refractivity contribution in [2.24, 2.45) is 0 Å². The van der Waals surface area contributed by atoms with E-state index in [9.17, 15) is 27.6 Å². The Bertz CT molecular complexity index is 1340. The number of nitrogens with zero attached hydrogens (tertiary/aromatic N) is 1. The molecule has 0 radical (unpaired) electrons. The van der Waals surface area contributed by atoms with E-state index < -0.39 is 34.9 Å². The van der Waals surface area contributed by atoms with E-state index in [0.29, 0.717) is 0 Å². The van der Waals surface area contributed by atoms with Crippen LogP contribution in [0.1, 0.15) is 34.8 Å². The lowest BCUT2D eigenvalue weighted by Gasteiger charge is -2.33. The molecular weight excluding hydrogens is 493 g/mol. The highest BCUT2D eigenvalue weighted by Gasteiger charge is 2.70. The lowest BCUT2D eigenvalue weighted by Crippen LogP contribution is -2.66. The quantitative estimate of drug-likeness (QED) is 0.391. The van der Waals surface area contributed by atoms with Crippen LogP contribution in [0.3, 0.4) is 0 Å². The third kappa shape index (κ3) is 5.25. The van der Waals surface area contributed by atoms with E-state index in [1.807, 2.05) is 11.4 Å². The summed E-state index contributed by atoms with van der Waals surface area (Å²) in [5.74, 6) is -3.32. The summed E-state index contributed by atoms with van der Waals surface area (Å²) in [5, 5.41) is 1.98. The van der Waals surface area contributed by atoms with Crippen molar-refractivity contribution in [2.45, 2.75) is 37.9 Å². The standard InChI is InChI=1S/C30H27F3N2O3/c1-21-26(27(37)24-15-9-4-10-16-24)29(30(31,32)33,34-25(36)18-17-22-11-5-2-6-12-22)28(38)35(21)20-19-23-13-7-3-8-14-23/h2-16H,17-20H2,1H3,(H,34,36). The molecule has 1 atom stereocenters. The second kappa shape index (κ2) is 11.0. The van der Waals surface area contributed by atoms with Crippen LogP contribution in [0, 0.1) is 0 Å². The lowest BCUT2D eigenvalue weighted by atomic mass is 9.84. The van der Waals surface area contributed by atoms with Gasteiger partial charge >= 0.3 is 6.18 Å². The highest BCUT2D eigenvalue weighted by atomic mass is 19.4. The Balaban J connectivity index is 1.73. The summed E-state index contributed by atoms with van der Waals surface area (Å²) < 4.78 is 44.9. The molecule has 0 saturated carbocycles. The van der Waals surface area contributed by atoms with Crippen molar-refractivity contribution in [3.63, 3.8) is 0 Å². The average molecular weight is 521 g/mol. The summed E-state index contributed by atoms with van der Waals surface area (Å²) in [6.45, 7) is 1.24. The van der Waals surface area contributed by atoms with E-state index in [0.717, 1.165) is 16.0 Å². The third-order valence-electron chi connectivity index (χ3n) is 6.67. The van der Waals surface area contributed by atoms with E-state index in [-0.39, 0.29) is 37.1 Å². The van der Waals surface area contributed by atoms with Crippen LogP contribution in [-0.2, 0) is 22.4 Å². The second-order valence-electron chi connectivity index (χ2n) is 9.13. The second-order valence-corrected chi connectivity index (χ2v) is 9.13. The summed E-state index contributed by atoms with van der Waals surface area (Å²) in [4.78, 5) is 41.1. The van der Waals surface area contributed by atoms with Gasteiger partial charge in [0.1, 0.15) is 0 Å². The molecule has 1 N–H and O–H groups in total. The lowest BCUT2D eigenvalue weighted by molar-refractivity contribution is -0.193. The molecule has 196 valence electrons. The first-order valence-corrected chi connectivity index (χ1v) is 12.2. The first-order valence-electron chi connectivity index (χ1n) is 12.2. The number of carbonyl (C=O) groups is 3. The first-order chi connectivity index (χ1) is 18.1. The monoisotopic (exact) mass is 520 g/mol. The molecule has 4 rings (SSSR count). The number of allylic oxidation sites excluding steroid dienone is 1. The number of alkyl halides is 3. The van der Waals surface area contributed by atoms with Gasteiger partial charge in [0, 0.05) is 24.2 Å². The van der Waals surface area contributed by atoms with Crippen LogP contribution in [0.2, 0.25) is 0 Å². The van der Waals surface area contributed by atoms with Crippen LogP contribution in [0.4, 0.5) is 13.2 Å². The molecule has 3 aromatic rings. The SMILES string of the molecule is CC1=C(C(=O)c2ccccc2)C(NC(=O)CCc2ccccc2)(C(F)(F)F)C(=O)N1CCc1ccccc1. The first kappa shape index (κ1) is 26.9. The van der Waals surface area contributed by atoms with E-state index >= 15 is 0 Å². The number of hydrogen-bond donors (Lipinski definition) is 1. The number of ketones is 1. The molecular formula is C30H27F3N2O3. The summed E-state index contributed by atoms with van der Waals surface area (Å²) in [5.41, 5.74) is -2.82. The number of nitrogens with one attached hydrogen (secondary N) is 1. The maximum absolute atomic E-state index is 15.0. The van der Waals surface area contributed by atoms with Crippen LogP contribution in [0.5, 0.6) is 0 Å². The molecule has 2 amide bonds. The predicted octanol–water partition coefficient (Wildman–Crippen LogP) is 5.28. The third-order valence-corrected chi connectivity index (χ3v) is 6.67. The van der Waals surface area contributed by atoms with Crippen molar-refractivity contribution in [3.05, 3.63) is 119 Å². The normalized spacial score (nSPS) is 17.6. The fourth-order valence-corrected chi connectivity index (χ4v) is 4.72. The minimum Gasteiger partial charge on any atom is -0.330 e. The van der Waals surface area contributed by atoms with Gasteiger partial charge in [0.2, 0.25) is 11.4 Å². The predicted molar refractivity (Wildman–Crippen MR) is 137 cm³/mol. The molecule has 0 fully saturated rings. The van der Waals surface area contributed by atoms with Crippen molar-refractivity contribution in [1.82, 2.24) is 10.2 Å². The van der Waals surface area contributed by atoms with Crippen LogP contribution < -0.4 is 5.32 Å². The largest absolute Gasteiger partial charge is 0.425 e. The smallest absolute Gasteiger partial charge is 0.330 e. The van der Waals surface area contributed by atoms with Crippen molar-refractivity contribution >= 4 is 17.6 Å². The van der Waals surface area contributed by atoms with Gasteiger partial charge in [-0.15, -0.1) is 0 Å². The summed E-state index contributed by atoms with van der Waals surface area (Å²) >= 11 is 0. The summed E-state index contributed by atoms with van der Waals surface area (Å²) in [6, 6.07) is 25.3. The van der Waals surface area contributed by atoms with Gasteiger partial charge in [-0.2, -0.15) is 13.2 Å². The fraction of sp³-hybridized carbons (Fsp3) is 0.233. The van der Waals surface area contributed by atoms with Crippen LogP contribution in [0.25, 0.3) is 0 Å². The number of halogens is 3. The molecule has 0 spiro atoms. The maximum Gasteiger partial charge on any atom is 0.425 e. The Morgan fingerprint density at radius 1 is 0.816 bits per heavy atom. The van der Waals surface area contributed by atoms with Crippen LogP contribution >= 0.6 is 0 Å². The van der Waals surface area contributed by atoms with E-state index in [1.165, 1.54) is 31.2 Å². The summed E-state index contributed by atoms with van der Waals surface area (Å²) in [7, 11) is 0. The zero-order valence-electron chi connectivity index (χ0n) is 20.8. The molecule has 38 heavy (non-hydrogen) atoms. The molecule has 0 saturated heterocycles. The number of hydrogen-bond acceptors (Lipinski definition) is 3. The number of amides is 2. The molecule has 1 aliphatic rings. The van der Waals surface area contributed by atoms with Gasteiger partial charge < -0.3 is 10.2 Å². The van der Waals surface area contributed by atoms with Gasteiger partial charge in [0.15, 0.2) is 5.78 Å². The van der Waals surface area contributed by atoms with Crippen molar-refractivity contribution in [1.29, 1.82) is 0 Å². The van der Waals surface area contributed by atoms with Crippen molar-refractivity contribution in [3.8, 4) is 0 Å². The van der Waals surface area contributed by atoms with E-state index in [2.05, 4.69) is 0 Å². The van der Waals surface area contributed by atoms with Gasteiger partial charge in [0.25, 0.3) is 5.91 Å². The Hall–Kier alpha value is -4.20. The molecule has 0 aliphatic carbocycles. The Labute approximate surface area is 219 Å². The zero-order valence-corrected chi connectivity index (χ0v) is 20.8. The Kier molecular flexibility index (Phi) is 7.80. The van der Waals surface area contributed by atoms with Crippen LogP contribution in [-0.4, -0.2) is 40.8 Å². The highest BCUT2D eigenvalue weighted by molar-refractivity contribution is 6.19. The summed E-state index contributed by atoms with van der Waals surface area (Å²) in [6.07, 6.45) is -5.11. The van der Waals surface area contributed by atoms with Crippen molar-refractivity contribution in [2.75, 3.05) is 6.54 Å². The number of Topliss-reactive ketones (excluding diaryl/α,β-unsaturated/α-hetero) is 1. The van der Waals surface area contributed by atoms with E-state index in [1.54, 1.807) is 60.7 Å². The Morgan fingerprint density at radius 3 is 1.84 bits per heavy atom. The molecule has 0 aromatic heterocycles. The number of aryl methyl sites for hydroxylation is 1. The highest BCUT2D eigenvalue weighted by Crippen LogP contribution is 2.46. The molecule has 1 heterocycles. The molecule has 5 nitrogen and oxygen atoms in total. The van der Waals surface area contributed by atoms with Gasteiger partial charge in [-0.05, 0) is 30.9 Å². The molecule has 8 heteroatoms.